The minimum atomic E-state index is -0.513. The van der Waals surface area contributed by atoms with Crippen LogP contribution in [-0.2, 0) is 16.1 Å². The summed E-state index contributed by atoms with van der Waals surface area (Å²) in [6.45, 7) is 0.431. The molecule has 3 heterocycles. The number of amides is 1. The highest BCUT2D eigenvalue weighted by molar-refractivity contribution is 8.18. The molecule has 164 valence electrons. The Bertz CT molecular complexity index is 1420. The molecule has 8 heteroatoms. The smallest absolute Gasteiger partial charge is 0.373 e. The van der Waals surface area contributed by atoms with Gasteiger partial charge in [0.25, 0.3) is 5.91 Å². The van der Waals surface area contributed by atoms with Gasteiger partial charge in [-0.3, -0.25) is 4.79 Å². The van der Waals surface area contributed by atoms with Crippen molar-refractivity contribution in [2.75, 3.05) is 7.11 Å². The van der Waals surface area contributed by atoms with Crippen molar-refractivity contribution in [2.45, 2.75) is 6.54 Å². The quantitative estimate of drug-likeness (QED) is 0.338. The van der Waals surface area contributed by atoms with E-state index in [0.717, 1.165) is 22.2 Å². The SMILES string of the molecule is COC(=O)c1ccc(Cn2cc(/C=C3\SC(=Nc4ccccc4)NC3=O)c3ccccc32)o1. The largest absolute Gasteiger partial charge is 0.463 e. The Morgan fingerprint density at radius 3 is 2.73 bits per heavy atom. The van der Waals surface area contributed by atoms with Crippen LogP contribution in [0.4, 0.5) is 5.69 Å². The van der Waals surface area contributed by atoms with Crippen LogP contribution in [0.2, 0.25) is 0 Å². The van der Waals surface area contributed by atoms with Gasteiger partial charge in [0.1, 0.15) is 5.76 Å². The van der Waals surface area contributed by atoms with Crippen molar-refractivity contribution in [3.63, 3.8) is 0 Å². The number of ether oxygens (including phenoxy) is 1. The number of nitrogens with zero attached hydrogens (tertiary/aromatic N) is 2. The van der Waals surface area contributed by atoms with E-state index in [2.05, 4.69) is 10.3 Å². The van der Waals surface area contributed by atoms with E-state index < -0.39 is 5.97 Å². The van der Waals surface area contributed by atoms with Gasteiger partial charge in [0.2, 0.25) is 5.76 Å². The van der Waals surface area contributed by atoms with E-state index in [1.807, 2.05) is 71.4 Å². The lowest BCUT2D eigenvalue weighted by atomic mass is 10.1. The van der Waals surface area contributed by atoms with Crippen molar-refractivity contribution < 1.29 is 18.7 Å². The monoisotopic (exact) mass is 457 g/mol. The summed E-state index contributed by atoms with van der Waals surface area (Å²) in [5, 5.41) is 4.38. The third kappa shape index (κ3) is 4.33. The number of carbonyl (C=O) groups is 2. The fourth-order valence-electron chi connectivity index (χ4n) is 3.60. The van der Waals surface area contributed by atoms with Crippen LogP contribution < -0.4 is 5.32 Å². The number of furan rings is 1. The second kappa shape index (κ2) is 8.84. The Labute approximate surface area is 193 Å². The summed E-state index contributed by atoms with van der Waals surface area (Å²) in [7, 11) is 1.32. The number of esters is 1. The Balaban J connectivity index is 1.45. The van der Waals surface area contributed by atoms with E-state index in [0.29, 0.717) is 22.4 Å². The van der Waals surface area contributed by atoms with E-state index in [1.54, 1.807) is 12.1 Å². The highest BCUT2D eigenvalue weighted by atomic mass is 32.2. The van der Waals surface area contributed by atoms with Crippen LogP contribution in [0.25, 0.3) is 17.0 Å². The molecule has 33 heavy (non-hydrogen) atoms. The lowest BCUT2D eigenvalue weighted by Crippen LogP contribution is -2.19. The first-order valence-electron chi connectivity index (χ1n) is 10.2. The first-order valence-corrected chi connectivity index (χ1v) is 11.0. The summed E-state index contributed by atoms with van der Waals surface area (Å²) < 4.78 is 12.4. The van der Waals surface area contributed by atoms with Crippen LogP contribution in [0.5, 0.6) is 0 Å². The summed E-state index contributed by atoms with van der Waals surface area (Å²) in [4.78, 5) is 29.3. The molecule has 1 aliphatic heterocycles. The van der Waals surface area contributed by atoms with Crippen molar-refractivity contribution >= 4 is 51.5 Å². The number of carbonyl (C=O) groups excluding carboxylic acids is 2. The number of benzene rings is 2. The van der Waals surface area contributed by atoms with Gasteiger partial charge in [-0.15, -0.1) is 0 Å². The summed E-state index contributed by atoms with van der Waals surface area (Å²) in [6, 6.07) is 20.8. The zero-order chi connectivity index (χ0) is 22.8. The number of thioether (sulfide) groups is 1. The van der Waals surface area contributed by atoms with Gasteiger partial charge in [0.15, 0.2) is 5.17 Å². The van der Waals surface area contributed by atoms with Crippen LogP contribution in [0, 0.1) is 0 Å². The molecule has 0 aliphatic carbocycles. The second-order valence-corrected chi connectivity index (χ2v) is 8.33. The predicted octanol–water partition coefficient (Wildman–Crippen LogP) is 4.96. The van der Waals surface area contributed by atoms with Crippen molar-refractivity contribution in [1.82, 2.24) is 9.88 Å². The maximum absolute atomic E-state index is 12.6. The lowest BCUT2D eigenvalue weighted by molar-refractivity contribution is -0.115. The summed E-state index contributed by atoms with van der Waals surface area (Å²) in [5.74, 6) is 0.0951. The molecule has 0 bridgehead atoms. The molecule has 2 aromatic carbocycles. The molecular formula is C25H19N3O4S. The molecule has 1 amide bonds. The molecule has 0 radical (unpaired) electrons. The van der Waals surface area contributed by atoms with Crippen molar-refractivity contribution in [2.24, 2.45) is 4.99 Å². The Hall–Kier alpha value is -4.04. The number of para-hydroxylation sites is 2. The van der Waals surface area contributed by atoms with Crippen LogP contribution in [0.1, 0.15) is 21.9 Å². The van der Waals surface area contributed by atoms with E-state index >= 15 is 0 Å². The Morgan fingerprint density at radius 1 is 1.12 bits per heavy atom. The van der Waals surface area contributed by atoms with Crippen molar-refractivity contribution in [3.05, 3.63) is 94.9 Å². The highest BCUT2D eigenvalue weighted by Gasteiger charge is 2.24. The van der Waals surface area contributed by atoms with Gasteiger partial charge in [-0.25, -0.2) is 9.79 Å². The molecule has 4 aromatic rings. The molecule has 0 atom stereocenters. The van der Waals surface area contributed by atoms with Gasteiger partial charge in [0, 0.05) is 22.7 Å². The predicted molar refractivity (Wildman–Crippen MR) is 128 cm³/mol. The number of aliphatic imine (C=N–C) groups is 1. The zero-order valence-electron chi connectivity index (χ0n) is 17.6. The van der Waals surface area contributed by atoms with Crippen LogP contribution >= 0.6 is 11.8 Å². The normalized spacial score (nSPS) is 16.0. The molecule has 2 aromatic heterocycles. The van der Waals surface area contributed by atoms with Gasteiger partial charge in [-0.2, -0.15) is 0 Å². The van der Waals surface area contributed by atoms with Crippen LogP contribution in [-0.4, -0.2) is 28.7 Å². The van der Waals surface area contributed by atoms with E-state index in [9.17, 15) is 9.59 Å². The third-order valence-electron chi connectivity index (χ3n) is 5.12. The molecule has 1 saturated heterocycles. The fourth-order valence-corrected chi connectivity index (χ4v) is 4.44. The molecular weight excluding hydrogens is 438 g/mol. The van der Waals surface area contributed by atoms with Gasteiger partial charge in [0.05, 0.1) is 24.2 Å². The van der Waals surface area contributed by atoms with E-state index in [1.165, 1.54) is 18.9 Å². The number of hydrogen-bond donors (Lipinski definition) is 1. The standard InChI is InChI=1S/C25H19N3O4S/c1-31-24(30)21-12-11-18(32-21)15-28-14-16(19-9-5-6-10-20(19)28)13-22-23(29)27-25(33-22)26-17-7-3-2-4-8-17/h2-14H,15H2,1H3,(H,26,27,29)/b22-13-. The average molecular weight is 458 g/mol. The Morgan fingerprint density at radius 2 is 1.91 bits per heavy atom. The van der Waals surface area contributed by atoms with Gasteiger partial charge in [-0.1, -0.05) is 36.4 Å². The summed E-state index contributed by atoms with van der Waals surface area (Å²) in [6.07, 6.45) is 3.84. The number of amidine groups is 1. The molecule has 1 aliphatic rings. The number of aromatic nitrogens is 1. The van der Waals surface area contributed by atoms with Gasteiger partial charge < -0.3 is 19.0 Å². The van der Waals surface area contributed by atoms with Gasteiger partial charge in [-0.05, 0) is 48.2 Å². The first-order chi connectivity index (χ1) is 16.1. The van der Waals surface area contributed by atoms with E-state index in [4.69, 9.17) is 9.15 Å². The molecule has 0 spiro atoms. The lowest BCUT2D eigenvalue weighted by Gasteiger charge is -2.02. The first kappa shape index (κ1) is 20.8. The third-order valence-corrected chi connectivity index (χ3v) is 6.03. The number of hydrogen-bond acceptors (Lipinski definition) is 6. The maximum Gasteiger partial charge on any atom is 0.373 e. The number of fused-ring (bicyclic) bond motifs is 1. The minimum Gasteiger partial charge on any atom is -0.463 e. The summed E-state index contributed by atoms with van der Waals surface area (Å²) in [5.41, 5.74) is 2.67. The summed E-state index contributed by atoms with van der Waals surface area (Å²) >= 11 is 1.31. The molecule has 0 unspecified atom stereocenters. The minimum absolute atomic E-state index is 0.163. The molecule has 0 saturated carbocycles. The van der Waals surface area contributed by atoms with Crippen LogP contribution in [0.3, 0.4) is 0 Å². The highest BCUT2D eigenvalue weighted by Crippen LogP contribution is 2.31. The second-order valence-electron chi connectivity index (χ2n) is 7.30. The van der Waals surface area contributed by atoms with E-state index in [-0.39, 0.29) is 11.7 Å². The number of nitrogens with one attached hydrogen (secondary N) is 1. The molecule has 1 N–H and O–H groups in total. The van der Waals surface area contributed by atoms with Crippen LogP contribution in [0.15, 0.2) is 87.2 Å². The number of methoxy groups -OCH3 is 1. The average Bonchev–Trinajstić information content (AvgIpc) is 3.53. The maximum atomic E-state index is 12.6. The molecule has 1 fully saturated rings. The topological polar surface area (TPSA) is 85.8 Å². The fraction of sp³-hybridized carbons (Fsp3) is 0.0800. The van der Waals surface area contributed by atoms with Crippen molar-refractivity contribution in [1.29, 1.82) is 0 Å². The molecule has 7 nitrogen and oxygen atoms in total. The zero-order valence-corrected chi connectivity index (χ0v) is 18.5. The molecule has 5 rings (SSSR count). The van der Waals surface area contributed by atoms with Crippen molar-refractivity contribution in [3.8, 4) is 0 Å². The Kier molecular flexibility index (Phi) is 5.58. The number of rotatable bonds is 5. The van der Waals surface area contributed by atoms with Gasteiger partial charge >= 0.3 is 5.97 Å².